The number of allylic oxidation sites excluding steroid dienone is 1. The van der Waals surface area contributed by atoms with E-state index in [1.807, 2.05) is 25.1 Å². The maximum atomic E-state index is 13.6. The molecule has 5 atom stereocenters. The number of piperidine rings is 1. The molecule has 2 saturated carbocycles. The van der Waals surface area contributed by atoms with Crippen LogP contribution in [-0.4, -0.2) is 48.7 Å². The number of Topliss-reactive ketones (excluding diaryl/α,β-unsaturated/α-hetero) is 1. The van der Waals surface area contributed by atoms with Crippen LogP contribution < -0.4 is 10.6 Å². The summed E-state index contributed by atoms with van der Waals surface area (Å²) in [7, 11) is 1.39. The Hall–Kier alpha value is -2.18. The molecule has 2 bridgehead atoms. The molecule has 4 aliphatic rings. The lowest BCUT2D eigenvalue weighted by atomic mass is 9.41. The fourth-order valence-corrected chi connectivity index (χ4v) is 7.37. The first-order valence-electron chi connectivity index (χ1n) is 10.5. The van der Waals surface area contributed by atoms with Crippen molar-refractivity contribution in [1.82, 2.24) is 5.32 Å². The normalized spacial score (nSPS) is 40.8. The van der Waals surface area contributed by atoms with Gasteiger partial charge in [0.05, 0.1) is 20.1 Å². The number of carbonyl (C=O) groups excluding carboxylic acids is 2. The highest BCUT2D eigenvalue weighted by atomic mass is 16.5. The Morgan fingerprint density at radius 3 is 2.90 bits per heavy atom. The number of aliphatic hydroxyl groups excluding tert-OH is 1. The molecule has 1 aromatic carbocycles. The number of aliphatic hydroxyl groups is 1. The van der Waals surface area contributed by atoms with Gasteiger partial charge in [0.25, 0.3) is 0 Å². The van der Waals surface area contributed by atoms with Gasteiger partial charge in [-0.05, 0) is 37.3 Å². The Bertz CT molecular complexity index is 927. The molecule has 1 aromatic rings. The van der Waals surface area contributed by atoms with Crippen molar-refractivity contribution in [3.05, 3.63) is 41.5 Å². The first-order chi connectivity index (χ1) is 14.0. The van der Waals surface area contributed by atoms with Crippen LogP contribution in [0.5, 0.6) is 0 Å². The second-order valence-electron chi connectivity index (χ2n) is 8.96. The van der Waals surface area contributed by atoms with Gasteiger partial charge in [0.2, 0.25) is 0 Å². The van der Waals surface area contributed by atoms with Crippen LogP contribution in [0.1, 0.15) is 38.2 Å². The van der Waals surface area contributed by atoms with Crippen LogP contribution in [0.15, 0.2) is 35.9 Å². The molecule has 0 spiro atoms. The van der Waals surface area contributed by atoms with E-state index in [9.17, 15) is 14.7 Å². The van der Waals surface area contributed by atoms with Crippen molar-refractivity contribution >= 4 is 17.4 Å². The molecular weight excluding hydrogens is 368 g/mol. The van der Waals surface area contributed by atoms with E-state index in [0.29, 0.717) is 25.8 Å². The summed E-state index contributed by atoms with van der Waals surface area (Å²) in [4.78, 5) is 26.3. The van der Waals surface area contributed by atoms with E-state index in [4.69, 9.17) is 4.74 Å². The lowest BCUT2D eigenvalue weighted by molar-refractivity contribution is -0.156. The molecule has 2 heterocycles. The third kappa shape index (κ3) is 1.94. The average molecular weight is 396 g/mol. The number of methoxy groups -OCH3 is 1. The van der Waals surface area contributed by atoms with Gasteiger partial charge in [-0.2, -0.15) is 0 Å². The molecule has 154 valence electrons. The van der Waals surface area contributed by atoms with E-state index < -0.39 is 16.4 Å². The summed E-state index contributed by atoms with van der Waals surface area (Å²) >= 11 is 0. The van der Waals surface area contributed by atoms with Crippen LogP contribution in [0.25, 0.3) is 0 Å². The molecule has 6 nitrogen and oxygen atoms in total. The van der Waals surface area contributed by atoms with E-state index in [1.165, 1.54) is 12.7 Å². The van der Waals surface area contributed by atoms with E-state index in [0.717, 1.165) is 11.3 Å². The molecule has 0 amide bonds. The van der Waals surface area contributed by atoms with Crippen molar-refractivity contribution < 1.29 is 19.4 Å². The van der Waals surface area contributed by atoms with E-state index in [2.05, 4.69) is 22.8 Å². The number of carbonyl (C=O) groups is 2. The van der Waals surface area contributed by atoms with Gasteiger partial charge in [-0.1, -0.05) is 29.8 Å². The fraction of sp³-hybridized carbons (Fsp3) is 0.565. The first-order valence-corrected chi connectivity index (χ1v) is 10.5. The van der Waals surface area contributed by atoms with Crippen LogP contribution in [-0.2, 0) is 19.7 Å². The predicted octanol–water partition coefficient (Wildman–Crippen LogP) is 1.93. The monoisotopic (exact) mass is 396 g/mol. The van der Waals surface area contributed by atoms with E-state index >= 15 is 0 Å². The Morgan fingerprint density at radius 2 is 2.17 bits per heavy atom. The van der Waals surface area contributed by atoms with Gasteiger partial charge in [0, 0.05) is 35.5 Å². The number of nitrogens with one attached hydrogen (secondary N) is 2. The molecule has 2 aliphatic heterocycles. The molecule has 0 aromatic heterocycles. The van der Waals surface area contributed by atoms with Crippen molar-refractivity contribution in [2.24, 2.45) is 11.3 Å². The quantitative estimate of drug-likeness (QED) is 0.535. The van der Waals surface area contributed by atoms with Crippen molar-refractivity contribution in [1.29, 1.82) is 0 Å². The minimum absolute atomic E-state index is 0.00910. The molecule has 0 radical (unpaired) electrons. The average Bonchev–Trinajstić information content (AvgIpc) is 3.23. The zero-order valence-corrected chi connectivity index (χ0v) is 17.0. The van der Waals surface area contributed by atoms with Crippen LogP contribution in [0.4, 0.5) is 5.69 Å². The summed E-state index contributed by atoms with van der Waals surface area (Å²) in [6.45, 7) is 2.51. The fourth-order valence-electron chi connectivity index (χ4n) is 7.37. The molecule has 6 heteroatoms. The molecule has 2 aliphatic carbocycles. The standard InChI is InChI=1S/C23H28N2O4/c1-3-14-12-24-18-10-16(14)21(13-26,11-20(28)29-2)22-9-8-19(27)23(18,22)25-17-7-5-4-6-15(17)22/h3-7,16,18,24-26H,8-13H2,1-2H3/t16-,18-,21-,22+,23+/m1/s1. The van der Waals surface area contributed by atoms with Crippen molar-refractivity contribution in [2.45, 2.75) is 49.6 Å². The van der Waals surface area contributed by atoms with Gasteiger partial charge < -0.3 is 20.5 Å². The number of ketones is 1. The number of benzene rings is 1. The van der Waals surface area contributed by atoms with Crippen molar-refractivity contribution in [3.63, 3.8) is 0 Å². The third-order valence-electron chi connectivity index (χ3n) is 8.41. The van der Waals surface area contributed by atoms with Crippen LogP contribution in [0, 0.1) is 11.3 Å². The van der Waals surface area contributed by atoms with Crippen molar-refractivity contribution in [2.75, 3.05) is 25.6 Å². The topological polar surface area (TPSA) is 87.7 Å². The molecule has 0 unspecified atom stereocenters. The zero-order chi connectivity index (χ0) is 20.4. The third-order valence-corrected chi connectivity index (χ3v) is 8.41. The highest BCUT2D eigenvalue weighted by Gasteiger charge is 2.79. The highest BCUT2D eigenvalue weighted by molar-refractivity contribution is 6.01. The summed E-state index contributed by atoms with van der Waals surface area (Å²) < 4.78 is 5.10. The lowest BCUT2D eigenvalue weighted by Crippen LogP contribution is -2.78. The van der Waals surface area contributed by atoms with Gasteiger partial charge >= 0.3 is 5.97 Å². The van der Waals surface area contributed by atoms with Crippen LogP contribution >= 0.6 is 0 Å². The Balaban J connectivity index is 1.85. The van der Waals surface area contributed by atoms with Gasteiger partial charge in [-0.25, -0.2) is 0 Å². The summed E-state index contributed by atoms with van der Waals surface area (Å²) in [6, 6.07) is 7.99. The number of anilines is 1. The SMILES string of the molecule is CC=C1CN[C@@H]2C[C@H]1[C@](CO)(CC(=O)OC)[C@@]13CCC(=O)[C@@]21Nc1ccccc13. The maximum Gasteiger partial charge on any atom is 0.306 e. The number of hydrogen-bond acceptors (Lipinski definition) is 6. The minimum atomic E-state index is -0.844. The number of fused-ring (bicyclic) bond motifs is 3. The lowest BCUT2D eigenvalue weighted by Gasteiger charge is -2.64. The number of hydrogen-bond donors (Lipinski definition) is 3. The summed E-state index contributed by atoms with van der Waals surface area (Å²) in [5.41, 5.74) is 0.893. The van der Waals surface area contributed by atoms with E-state index in [1.54, 1.807) is 0 Å². The van der Waals surface area contributed by atoms with Crippen LogP contribution in [0.2, 0.25) is 0 Å². The number of para-hydroxylation sites is 1. The second kappa shape index (κ2) is 6.16. The first kappa shape index (κ1) is 18.8. The summed E-state index contributed by atoms with van der Waals surface area (Å²) in [6.07, 6.45) is 3.98. The Morgan fingerprint density at radius 1 is 1.38 bits per heavy atom. The summed E-state index contributed by atoms with van der Waals surface area (Å²) in [5.74, 6) is -0.149. The minimum Gasteiger partial charge on any atom is -0.469 e. The van der Waals surface area contributed by atoms with Gasteiger partial charge in [0.15, 0.2) is 5.78 Å². The summed E-state index contributed by atoms with van der Waals surface area (Å²) in [5, 5.41) is 18.3. The smallest absolute Gasteiger partial charge is 0.306 e. The van der Waals surface area contributed by atoms with Gasteiger partial charge in [0.1, 0.15) is 5.54 Å². The number of rotatable bonds is 3. The zero-order valence-electron chi connectivity index (χ0n) is 17.0. The predicted molar refractivity (Wildman–Crippen MR) is 109 cm³/mol. The van der Waals surface area contributed by atoms with Crippen LogP contribution in [0.3, 0.4) is 0 Å². The highest BCUT2D eigenvalue weighted by Crippen LogP contribution is 2.72. The molecule has 1 saturated heterocycles. The van der Waals surface area contributed by atoms with Gasteiger partial charge in [-0.3, -0.25) is 9.59 Å². The molecule has 3 fully saturated rings. The Labute approximate surface area is 170 Å². The largest absolute Gasteiger partial charge is 0.469 e. The maximum absolute atomic E-state index is 13.6. The molecule has 3 N–H and O–H groups in total. The van der Waals surface area contributed by atoms with E-state index in [-0.39, 0.29) is 36.7 Å². The second-order valence-corrected chi connectivity index (χ2v) is 8.96. The van der Waals surface area contributed by atoms with Gasteiger partial charge in [-0.15, -0.1) is 0 Å². The Kier molecular flexibility index (Phi) is 4.00. The van der Waals surface area contributed by atoms with Crippen molar-refractivity contribution in [3.8, 4) is 0 Å². The molecule has 29 heavy (non-hydrogen) atoms. The molecule has 5 rings (SSSR count). The molecular formula is C23H28N2O4. The number of esters is 1. The number of ether oxygens (including phenoxy) is 1.